The third-order valence-corrected chi connectivity index (χ3v) is 6.85. The van der Waals surface area contributed by atoms with Crippen LogP contribution in [-0.2, 0) is 6.42 Å². The summed E-state index contributed by atoms with van der Waals surface area (Å²) in [7, 11) is 0. The van der Waals surface area contributed by atoms with Crippen LogP contribution in [-0.4, -0.2) is 45.0 Å². The van der Waals surface area contributed by atoms with Crippen LogP contribution in [0.25, 0.3) is 28.1 Å². The standard InChI is InChI=1S/C26H17ClF4N10O/c27-19-6-8-21(39-14-33-35-37-39)24(25(19)29)16-3-7-20(40(42)13-16)22(9-15-1-4-18(28)5-2-15)38-12-17(10-34-38)23-11-32-36-41(23)26(30)31/h1-8,10-14,22,26H,9H2/t22-/m1/s1. The van der Waals surface area contributed by atoms with Crippen LogP contribution in [0.1, 0.15) is 23.8 Å². The number of hydrogen-bond donors (Lipinski definition) is 0. The van der Waals surface area contributed by atoms with Crippen molar-refractivity contribution in [3.63, 3.8) is 0 Å². The molecule has 1 atom stereocenters. The van der Waals surface area contributed by atoms with Crippen LogP contribution < -0.4 is 4.73 Å². The van der Waals surface area contributed by atoms with Gasteiger partial charge in [-0.1, -0.05) is 28.9 Å². The lowest BCUT2D eigenvalue weighted by molar-refractivity contribution is -0.615. The van der Waals surface area contributed by atoms with Gasteiger partial charge in [0.15, 0.2) is 12.0 Å². The number of pyridine rings is 1. The van der Waals surface area contributed by atoms with E-state index in [0.29, 0.717) is 15.0 Å². The number of tetrazole rings is 1. The SMILES string of the molecule is [O-][n+]1cc(-c2c(-n3cnnn3)ccc(Cl)c2F)ccc1[C@@H](Cc1ccc(F)cc1)n1cc(-c2cnnn2C(F)F)cn1. The van der Waals surface area contributed by atoms with Crippen LogP contribution >= 0.6 is 11.6 Å². The van der Waals surface area contributed by atoms with Gasteiger partial charge >= 0.3 is 6.55 Å². The summed E-state index contributed by atoms with van der Waals surface area (Å²) in [5.41, 5.74) is 1.59. The summed E-state index contributed by atoms with van der Waals surface area (Å²) in [6.45, 7) is -2.93. The molecule has 42 heavy (non-hydrogen) atoms. The summed E-state index contributed by atoms with van der Waals surface area (Å²) in [5, 5.41) is 35.6. The summed E-state index contributed by atoms with van der Waals surface area (Å²) in [6.07, 6.45) is 6.62. The predicted octanol–water partition coefficient (Wildman–Crippen LogP) is 4.58. The van der Waals surface area contributed by atoms with Gasteiger partial charge in [-0.15, -0.1) is 10.2 Å². The van der Waals surface area contributed by atoms with E-state index in [1.54, 1.807) is 12.1 Å². The lowest BCUT2D eigenvalue weighted by Crippen LogP contribution is -2.36. The number of hydrogen-bond acceptors (Lipinski definition) is 7. The average molecular weight is 597 g/mol. The maximum atomic E-state index is 15.3. The first kappa shape index (κ1) is 27.0. The molecule has 0 aliphatic carbocycles. The summed E-state index contributed by atoms with van der Waals surface area (Å²) < 4.78 is 59.4. The average Bonchev–Trinajstić information content (AvgIpc) is 3.76. The zero-order valence-corrected chi connectivity index (χ0v) is 21.9. The molecule has 0 saturated heterocycles. The number of alkyl halides is 2. The normalized spacial score (nSPS) is 12.2. The first-order valence-corrected chi connectivity index (χ1v) is 12.6. The summed E-state index contributed by atoms with van der Waals surface area (Å²) in [5.74, 6) is -1.21. The maximum Gasteiger partial charge on any atom is 0.335 e. The molecule has 0 aliphatic heterocycles. The van der Waals surface area contributed by atoms with E-state index in [0.717, 1.165) is 0 Å². The van der Waals surface area contributed by atoms with E-state index in [4.69, 9.17) is 11.6 Å². The Morgan fingerprint density at radius 1 is 0.929 bits per heavy atom. The Labute approximate surface area is 238 Å². The Bertz CT molecular complexity index is 1860. The molecule has 0 aliphatic rings. The van der Waals surface area contributed by atoms with Crippen molar-refractivity contribution in [3.05, 3.63) is 113 Å². The van der Waals surface area contributed by atoms with Crippen molar-refractivity contribution in [2.24, 2.45) is 0 Å². The predicted molar refractivity (Wildman–Crippen MR) is 139 cm³/mol. The minimum Gasteiger partial charge on any atom is -0.618 e. The van der Waals surface area contributed by atoms with E-state index >= 15 is 4.39 Å². The molecule has 4 aromatic heterocycles. The first-order valence-electron chi connectivity index (χ1n) is 12.2. The zero-order chi connectivity index (χ0) is 29.4. The Kier molecular flexibility index (Phi) is 7.08. The number of aromatic nitrogens is 10. The van der Waals surface area contributed by atoms with Crippen molar-refractivity contribution in [1.29, 1.82) is 0 Å². The molecule has 212 valence electrons. The van der Waals surface area contributed by atoms with E-state index in [-0.39, 0.29) is 45.2 Å². The van der Waals surface area contributed by atoms with Crippen LogP contribution in [0.5, 0.6) is 0 Å². The highest BCUT2D eigenvalue weighted by molar-refractivity contribution is 6.31. The van der Waals surface area contributed by atoms with Crippen molar-refractivity contribution < 1.29 is 22.3 Å². The highest BCUT2D eigenvalue weighted by Gasteiger charge is 2.27. The van der Waals surface area contributed by atoms with E-state index in [2.05, 4.69) is 30.9 Å². The molecule has 6 aromatic rings. The summed E-state index contributed by atoms with van der Waals surface area (Å²) in [6, 6.07) is 10.8. The number of nitrogens with zero attached hydrogens (tertiary/aromatic N) is 10. The van der Waals surface area contributed by atoms with Gasteiger partial charge in [-0.2, -0.15) is 28.0 Å². The minimum atomic E-state index is -2.93. The largest absolute Gasteiger partial charge is 0.618 e. The second kappa shape index (κ2) is 11.0. The zero-order valence-electron chi connectivity index (χ0n) is 21.1. The van der Waals surface area contributed by atoms with Crippen molar-refractivity contribution >= 4 is 11.6 Å². The van der Waals surface area contributed by atoms with Crippen LogP contribution in [0.3, 0.4) is 0 Å². The fourth-order valence-corrected chi connectivity index (χ4v) is 4.75. The van der Waals surface area contributed by atoms with Gasteiger partial charge in [0, 0.05) is 24.2 Å². The molecule has 0 amide bonds. The molecular formula is C26H17ClF4N10O. The highest BCUT2D eigenvalue weighted by Crippen LogP contribution is 2.34. The van der Waals surface area contributed by atoms with Gasteiger partial charge < -0.3 is 5.21 Å². The molecule has 0 radical (unpaired) electrons. The molecule has 0 unspecified atom stereocenters. The van der Waals surface area contributed by atoms with Gasteiger partial charge in [0.1, 0.15) is 18.2 Å². The minimum absolute atomic E-state index is 0.00447. The Hall–Kier alpha value is -5.18. The van der Waals surface area contributed by atoms with E-state index < -0.39 is 24.2 Å². The van der Waals surface area contributed by atoms with Gasteiger partial charge in [-0.05, 0) is 46.3 Å². The summed E-state index contributed by atoms with van der Waals surface area (Å²) in [4.78, 5) is 0. The fraction of sp³-hybridized carbons (Fsp3) is 0.115. The lowest BCUT2D eigenvalue weighted by Gasteiger charge is -2.18. The van der Waals surface area contributed by atoms with E-state index in [1.807, 2.05) is 0 Å². The molecule has 2 aromatic carbocycles. The van der Waals surface area contributed by atoms with Gasteiger partial charge in [-0.25, -0.2) is 8.78 Å². The van der Waals surface area contributed by atoms with Gasteiger partial charge in [0.2, 0.25) is 5.69 Å². The number of rotatable bonds is 8. The molecule has 0 spiro atoms. The summed E-state index contributed by atoms with van der Waals surface area (Å²) >= 11 is 6.06. The monoisotopic (exact) mass is 596 g/mol. The first-order chi connectivity index (χ1) is 20.3. The van der Waals surface area contributed by atoms with Crippen molar-refractivity contribution in [2.75, 3.05) is 0 Å². The highest BCUT2D eigenvalue weighted by atomic mass is 35.5. The van der Waals surface area contributed by atoms with Gasteiger partial charge in [-0.3, -0.25) is 4.68 Å². The molecule has 4 heterocycles. The molecule has 0 saturated carbocycles. The van der Waals surface area contributed by atoms with Crippen molar-refractivity contribution in [2.45, 2.75) is 19.0 Å². The Morgan fingerprint density at radius 2 is 1.74 bits per heavy atom. The lowest BCUT2D eigenvalue weighted by atomic mass is 10.00. The number of halogens is 5. The third-order valence-electron chi connectivity index (χ3n) is 6.56. The van der Waals surface area contributed by atoms with Crippen LogP contribution in [0.4, 0.5) is 17.6 Å². The third kappa shape index (κ3) is 5.05. The fourth-order valence-electron chi connectivity index (χ4n) is 4.59. The second-order valence-corrected chi connectivity index (χ2v) is 9.48. The van der Waals surface area contributed by atoms with Crippen LogP contribution in [0, 0.1) is 16.8 Å². The van der Waals surface area contributed by atoms with Gasteiger partial charge in [0.05, 0.1) is 39.9 Å². The Balaban J connectivity index is 1.44. The van der Waals surface area contributed by atoms with Crippen LogP contribution in [0.15, 0.2) is 79.6 Å². The molecule has 6 rings (SSSR count). The topological polar surface area (TPSA) is 119 Å². The second-order valence-electron chi connectivity index (χ2n) is 9.08. The Morgan fingerprint density at radius 3 is 2.45 bits per heavy atom. The molecule has 11 nitrogen and oxygen atoms in total. The molecular weight excluding hydrogens is 580 g/mol. The number of benzene rings is 2. The van der Waals surface area contributed by atoms with Crippen molar-refractivity contribution in [1.82, 2.24) is 45.0 Å². The van der Waals surface area contributed by atoms with Crippen LogP contribution in [0.2, 0.25) is 5.02 Å². The molecule has 0 N–H and O–H groups in total. The van der Waals surface area contributed by atoms with E-state index in [9.17, 15) is 18.4 Å². The maximum absolute atomic E-state index is 15.3. The van der Waals surface area contributed by atoms with Gasteiger partial charge in [0.25, 0.3) is 0 Å². The van der Waals surface area contributed by atoms with E-state index in [1.165, 1.54) is 76.9 Å². The molecule has 0 bridgehead atoms. The quantitative estimate of drug-likeness (QED) is 0.143. The molecule has 16 heteroatoms. The smallest absolute Gasteiger partial charge is 0.335 e. The van der Waals surface area contributed by atoms with Crippen molar-refractivity contribution in [3.8, 4) is 28.1 Å². The molecule has 0 fully saturated rings.